The summed E-state index contributed by atoms with van der Waals surface area (Å²) >= 11 is 0. The Morgan fingerprint density at radius 3 is 2.60 bits per heavy atom. The van der Waals surface area contributed by atoms with Gasteiger partial charge in [-0.15, -0.1) is 0 Å². The average Bonchev–Trinajstić information content (AvgIpc) is 2.06. The van der Waals surface area contributed by atoms with Gasteiger partial charge in [0.05, 0.1) is 0 Å². The second kappa shape index (κ2) is 0.814. The Labute approximate surface area is 32.4 Å². The van der Waals surface area contributed by atoms with Gasteiger partial charge in [0.2, 0.25) is 0 Å². The van der Waals surface area contributed by atoms with Gasteiger partial charge in [0, 0.05) is 5.92 Å². The highest BCUT2D eigenvalue weighted by atomic mass is 16.1. The smallest absolute Gasteiger partial charge is 0.123 e. The van der Waals surface area contributed by atoms with Gasteiger partial charge < -0.3 is 4.79 Å². The fourth-order valence-corrected chi connectivity index (χ4v) is 0.201. The maximum atomic E-state index is 9.87. The molecule has 1 saturated carbocycles. The van der Waals surface area contributed by atoms with E-state index in [9.17, 15) is 4.79 Å². The van der Waals surface area contributed by atoms with Crippen LogP contribution in [0.1, 0.15) is 14.2 Å². The SMILES string of the molecule is [2H]C(=O)C1CC1. The first kappa shape index (κ1) is 1.96. The minimum absolute atomic E-state index is 0.130. The van der Waals surface area contributed by atoms with Crippen molar-refractivity contribution in [1.29, 1.82) is 0 Å². The largest absolute Gasteiger partial charge is 0.303 e. The van der Waals surface area contributed by atoms with Crippen LogP contribution in [0.25, 0.3) is 0 Å². The summed E-state index contributed by atoms with van der Waals surface area (Å²) in [4.78, 5) is 9.87. The molecule has 1 fully saturated rings. The Bertz CT molecular complexity index is 75.6. The second-order valence-corrected chi connectivity index (χ2v) is 1.39. The van der Waals surface area contributed by atoms with Gasteiger partial charge in [0.15, 0.2) is 0 Å². The third-order valence-corrected chi connectivity index (χ3v) is 0.744. The molecule has 1 heteroatoms. The van der Waals surface area contributed by atoms with Crippen LogP contribution < -0.4 is 0 Å². The predicted molar refractivity (Wildman–Crippen MR) is 18.8 cm³/mol. The Morgan fingerprint density at radius 1 is 2.00 bits per heavy atom. The van der Waals surface area contributed by atoms with Crippen molar-refractivity contribution in [2.24, 2.45) is 5.92 Å². The lowest BCUT2D eigenvalue weighted by Crippen LogP contribution is -1.66. The highest BCUT2D eigenvalue weighted by molar-refractivity contribution is 5.56. The molecule has 0 spiro atoms. The van der Waals surface area contributed by atoms with Gasteiger partial charge in [-0.05, 0) is 12.8 Å². The maximum absolute atomic E-state index is 9.87. The monoisotopic (exact) mass is 71.0 g/mol. The van der Waals surface area contributed by atoms with Crippen molar-refractivity contribution in [3.8, 4) is 0 Å². The lowest BCUT2D eigenvalue weighted by molar-refractivity contribution is -0.108. The Hall–Kier alpha value is -0.330. The minimum Gasteiger partial charge on any atom is -0.303 e. The lowest BCUT2D eigenvalue weighted by atomic mass is 10.5. The van der Waals surface area contributed by atoms with E-state index in [1.807, 2.05) is 0 Å². The van der Waals surface area contributed by atoms with Crippen molar-refractivity contribution in [3.05, 3.63) is 0 Å². The second-order valence-electron chi connectivity index (χ2n) is 1.39. The highest BCUT2D eigenvalue weighted by Crippen LogP contribution is 2.25. The van der Waals surface area contributed by atoms with E-state index in [1.165, 1.54) is 0 Å². The number of aldehydes is 1. The molecule has 0 amide bonds. The molecule has 0 aromatic carbocycles. The Balaban J connectivity index is 2.31. The molecule has 1 aliphatic rings. The number of hydrogen-bond donors (Lipinski definition) is 0. The van der Waals surface area contributed by atoms with Crippen LogP contribution in [-0.4, -0.2) is 6.26 Å². The van der Waals surface area contributed by atoms with Crippen LogP contribution in [0.5, 0.6) is 0 Å². The van der Waals surface area contributed by atoms with E-state index in [4.69, 9.17) is 1.37 Å². The topological polar surface area (TPSA) is 17.1 Å². The summed E-state index contributed by atoms with van der Waals surface area (Å²) in [7, 11) is 0. The highest BCUT2D eigenvalue weighted by Gasteiger charge is 2.18. The fourth-order valence-electron chi connectivity index (χ4n) is 0.201. The van der Waals surface area contributed by atoms with Crippen molar-refractivity contribution in [2.45, 2.75) is 12.8 Å². The molecule has 0 aromatic heterocycles. The van der Waals surface area contributed by atoms with E-state index < -0.39 is 0 Å². The van der Waals surface area contributed by atoms with Crippen LogP contribution in [0, 0.1) is 5.92 Å². The van der Waals surface area contributed by atoms with Crippen molar-refractivity contribution in [2.75, 3.05) is 0 Å². The van der Waals surface area contributed by atoms with Crippen molar-refractivity contribution >= 4 is 6.26 Å². The van der Waals surface area contributed by atoms with Crippen LogP contribution >= 0.6 is 0 Å². The number of hydrogen-bond acceptors (Lipinski definition) is 1. The average molecular weight is 71.1 g/mol. The number of carbonyl (C=O) groups is 1. The van der Waals surface area contributed by atoms with Gasteiger partial charge in [0.25, 0.3) is 0 Å². The molecule has 0 aliphatic heterocycles. The molecule has 0 radical (unpaired) electrons. The molecule has 1 nitrogen and oxygen atoms in total. The molecule has 0 heterocycles. The van der Waals surface area contributed by atoms with Crippen LogP contribution in [0.4, 0.5) is 0 Å². The van der Waals surface area contributed by atoms with Crippen molar-refractivity contribution in [1.82, 2.24) is 0 Å². The lowest BCUT2D eigenvalue weighted by Gasteiger charge is -1.56. The molecule has 1 aliphatic carbocycles. The third kappa shape index (κ3) is 0.469. The first-order chi connectivity index (χ1) is 2.80. The molecule has 0 saturated heterocycles. The molecular formula is C4H6O. The van der Waals surface area contributed by atoms with E-state index in [0.29, 0.717) is 0 Å². The summed E-state index contributed by atoms with van der Waals surface area (Å²) in [6, 6.07) is 0. The molecule has 28 valence electrons. The quantitative estimate of drug-likeness (QED) is 0.413. The molecule has 0 unspecified atom stereocenters. The Kier molecular flexibility index (Phi) is 0.318. The summed E-state index contributed by atoms with van der Waals surface area (Å²) in [6.45, 7) is 0. The number of carbonyl (C=O) groups excluding carboxylic acids is 1. The molecule has 0 aromatic rings. The third-order valence-electron chi connectivity index (χ3n) is 0.744. The van der Waals surface area contributed by atoms with E-state index in [0.717, 1.165) is 12.8 Å². The summed E-state index contributed by atoms with van der Waals surface area (Å²) < 4.78 is 6.46. The fraction of sp³-hybridized carbons (Fsp3) is 0.750. The molecular weight excluding hydrogens is 64.0 g/mol. The summed E-state index contributed by atoms with van der Waals surface area (Å²) in [5, 5.41) is 0. The molecule has 5 heavy (non-hydrogen) atoms. The minimum atomic E-state index is -0.380. The van der Waals surface area contributed by atoms with Crippen LogP contribution in [0.2, 0.25) is 0 Å². The number of rotatable bonds is 1. The first-order valence-electron chi connectivity index (χ1n) is 2.31. The summed E-state index contributed by atoms with van der Waals surface area (Å²) in [5.74, 6) is 0.130. The zero-order valence-electron chi connectivity index (χ0n) is 3.90. The van der Waals surface area contributed by atoms with E-state index in [2.05, 4.69) is 0 Å². The van der Waals surface area contributed by atoms with Crippen LogP contribution in [0.15, 0.2) is 0 Å². The van der Waals surface area contributed by atoms with Gasteiger partial charge in [-0.1, -0.05) is 0 Å². The van der Waals surface area contributed by atoms with E-state index in [1.54, 1.807) is 0 Å². The van der Waals surface area contributed by atoms with E-state index >= 15 is 0 Å². The van der Waals surface area contributed by atoms with Crippen LogP contribution in [-0.2, 0) is 4.79 Å². The van der Waals surface area contributed by atoms with E-state index in [-0.39, 0.29) is 12.2 Å². The zero-order valence-corrected chi connectivity index (χ0v) is 2.90. The first-order valence-corrected chi connectivity index (χ1v) is 1.81. The van der Waals surface area contributed by atoms with Crippen molar-refractivity contribution in [3.63, 3.8) is 0 Å². The van der Waals surface area contributed by atoms with Gasteiger partial charge in [0.1, 0.15) is 7.63 Å². The molecule has 1 rings (SSSR count). The van der Waals surface area contributed by atoms with Gasteiger partial charge in [-0.3, -0.25) is 0 Å². The molecule has 0 bridgehead atoms. The summed E-state index contributed by atoms with van der Waals surface area (Å²) in [5.41, 5.74) is 0. The maximum Gasteiger partial charge on any atom is 0.123 e. The van der Waals surface area contributed by atoms with Gasteiger partial charge >= 0.3 is 0 Å². The Morgan fingerprint density at radius 2 is 2.60 bits per heavy atom. The van der Waals surface area contributed by atoms with Gasteiger partial charge in [-0.25, -0.2) is 0 Å². The zero-order chi connectivity index (χ0) is 4.57. The van der Waals surface area contributed by atoms with Gasteiger partial charge in [-0.2, -0.15) is 0 Å². The van der Waals surface area contributed by atoms with Crippen LogP contribution in [0.3, 0.4) is 0 Å². The normalized spacial score (nSPS) is 25.2. The molecule has 0 N–H and O–H groups in total. The molecule has 0 atom stereocenters. The van der Waals surface area contributed by atoms with Crippen molar-refractivity contribution < 1.29 is 6.17 Å². The predicted octanol–water partition coefficient (Wildman–Crippen LogP) is 0.595. The standard InChI is InChI=1S/C4H6O/c5-3-4-1-2-4/h3-4H,1-2H2/i3D. The summed E-state index contributed by atoms with van der Waals surface area (Å²) in [6.07, 6.45) is 1.54.